The van der Waals surface area contributed by atoms with E-state index in [0.29, 0.717) is 22.6 Å². The number of nitriles is 1. The lowest BCUT2D eigenvalue weighted by Crippen LogP contribution is -2.49. The van der Waals surface area contributed by atoms with Crippen LogP contribution in [-0.4, -0.2) is 88.2 Å². The minimum Gasteiger partial charge on any atom is -0.497 e. The number of rotatable bonds is 21. The van der Waals surface area contributed by atoms with Crippen LogP contribution in [0.2, 0.25) is 0 Å². The van der Waals surface area contributed by atoms with Gasteiger partial charge >= 0.3 is 12.1 Å². The average molecular weight is 923 g/mol. The molecule has 16 nitrogen and oxygen atoms in total. The van der Waals surface area contributed by atoms with Crippen molar-refractivity contribution in [2.75, 3.05) is 33.1 Å². The molecule has 3 aromatic carbocycles. The number of anilines is 1. The number of aryl methyl sites for hydroxylation is 1. The third-order valence-corrected chi connectivity index (χ3v) is 12.9. The highest BCUT2D eigenvalue weighted by Gasteiger charge is 2.55. The third-order valence-electron chi connectivity index (χ3n) is 10.8. The van der Waals surface area contributed by atoms with Gasteiger partial charge in [0, 0.05) is 25.0 Å². The van der Waals surface area contributed by atoms with E-state index < -0.39 is 50.2 Å². The van der Waals surface area contributed by atoms with Gasteiger partial charge in [0.25, 0.3) is 14.1 Å². The molecule has 1 saturated heterocycles. The van der Waals surface area contributed by atoms with E-state index in [1.165, 1.54) is 4.68 Å². The van der Waals surface area contributed by atoms with Gasteiger partial charge in [0.2, 0.25) is 5.95 Å². The first-order valence-corrected chi connectivity index (χ1v) is 22.2. The molecular formula is C45H54F3N8O8P. The van der Waals surface area contributed by atoms with Crippen LogP contribution in [0.3, 0.4) is 0 Å². The summed E-state index contributed by atoms with van der Waals surface area (Å²) in [5, 5.41) is 16.3. The summed E-state index contributed by atoms with van der Waals surface area (Å²) in [7, 11) is 1.26. The number of methoxy groups -OCH3 is 2. The molecule has 1 amide bonds. The molecule has 0 bridgehead atoms. The number of benzene rings is 3. The topological polar surface area (TPSA) is 201 Å². The van der Waals surface area contributed by atoms with Crippen molar-refractivity contribution in [3.8, 4) is 17.6 Å². The van der Waals surface area contributed by atoms with Gasteiger partial charge in [-0.1, -0.05) is 54.6 Å². The molecular weight excluding hydrogens is 869 g/mol. The molecule has 0 radical (unpaired) electrons. The highest BCUT2D eigenvalue weighted by Crippen LogP contribution is 2.54. The summed E-state index contributed by atoms with van der Waals surface area (Å²) >= 11 is 0. The van der Waals surface area contributed by atoms with Gasteiger partial charge < -0.3 is 39.0 Å². The normalized spacial score (nSPS) is 17.2. The number of nitrogens with one attached hydrogen (secondary N) is 2. The Morgan fingerprint density at radius 3 is 2.18 bits per heavy atom. The SMILES string of the molecule is COc1ccc(C(OCc2ccccc2)(c2ccc(OC)cc2)[C@@H]2O[C@@H](n3nc(CCCNC(=O)C(F)(F)F)c4c(=O)[nH]c(N)nc43)CC2OP(OCCC#N)N(C(C)C)C(C)C)cc1. The van der Waals surface area contributed by atoms with Gasteiger partial charge in [0.1, 0.15) is 28.6 Å². The zero-order valence-electron chi connectivity index (χ0n) is 37.0. The van der Waals surface area contributed by atoms with Crippen molar-refractivity contribution < 1.29 is 46.0 Å². The monoisotopic (exact) mass is 922 g/mol. The number of H-pyrrole nitrogens is 1. The lowest BCUT2D eigenvalue weighted by Gasteiger charge is -2.43. The quantitative estimate of drug-likeness (QED) is 0.0485. The van der Waals surface area contributed by atoms with Crippen LogP contribution in [0.5, 0.6) is 11.5 Å². The molecule has 348 valence electrons. The number of aromatic nitrogens is 4. The Labute approximate surface area is 376 Å². The Hall–Kier alpha value is -5.61. The molecule has 20 heteroatoms. The zero-order chi connectivity index (χ0) is 46.9. The van der Waals surface area contributed by atoms with Gasteiger partial charge in [-0.05, 0) is 81.5 Å². The minimum atomic E-state index is -5.05. The molecule has 4 atom stereocenters. The van der Waals surface area contributed by atoms with Crippen molar-refractivity contribution in [2.24, 2.45) is 0 Å². The second kappa shape index (κ2) is 21.6. The van der Waals surface area contributed by atoms with Gasteiger partial charge in [-0.2, -0.15) is 28.5 Å². The van der Waals surface area contributed by atoms with Crippen LogP contribution in [0.15, 0.2) is 83.7 Å². The van der Waals surface area contributed by atoms with Crippen LogP contribution in [0, 0.1) is 11.3 Å². The Bertz CT molecular complexity index is 2390. The van der Waals surface area contributed by atoms with Crippen molar-refractivity contribution >= 4 is 31.4 Å². The maximum atomic E-state index is 13.6. The standard InChI is InChI=1S/C45H54F3N8O8P/c1-28(2)56(29(3)4)65(62-25-11-23-49)64-36-26-37(55-40-38(41(57)53-43(50)52-40)35(54-55)14-10-24-51-42(58)45(46,47)48)63-39(36)44(31-15-19-33(59-5)20-16-31,32-17-21-34(60-6)22-18-32)61-27-30-12-8-7-9-13-30/h7-9,12-13,15-22,28-29,36-37,39H,10-11,14,24-27H2,1-6H3,(H,51,58)(H3,50,52,53,57)/t36?,37-,39-,65?/m1/s1. The average Bonchev–Trinajstić information content (AvgIpc) is 3.87. The van der Waals surface area contributed by atoms with Gasteiger partial charge in [-0.15, -0.1) is 0 Å². The molecule has 1 aliphatic heterocycles. The molecule has 65 heavy (non-hydrogen) atoms. The van der Waals surface area contributed by atoms with Crippen molar-refractivity contribution in [3.05, 3.63) is 112 Å². The Kier molecular flexibility index (Phi) is 16.2. The number of aromatic amines is 1. The molecule has 4 N–H and O–H groups in total. The summed E-state index contributed by atoms with van der Waals surface area (Å²) in [5.41, 5.74) is 6.49. The van der Waals surface area contributed by atoms with E-state index in [-0.39, 0.29) is 80.2 Å². The number of fused-ring (bicyclic) bond motifs is 1. The first-order chi connectivity index (χ1) is 31.1. The predicted molar refractivity (Wildman–Crippen MR) is 237 cm³/mol. The van der Waals surface area contributed by atoms with Gasteiger partial charge in [0.05, 0.1) is 51.7 Å². The Balaban J connectivity index is 1.55. The summed E-state index contributed by atoms with van der Waals surface area (Å²) in [5.74, 6) is -1.08. The summed E-state index contributed by atoms with van der Waals surface area (Å²) in [4.78, 5) is 32.1. The van der Waals surface area contributed by atoms with Crippen LogP contribution in [0.1, 0.15) is 75.6 Å². The second-order valence-electron chi connectivity index (χ2n) is 15.8. The number of nitrogens with two attached hydrogens (primary N) is 1. The highest BCUT2D eigenvalue weighted by atomic mass is 31.2. The van der Waals surface area contributed by atoms with Crippen LogP contribution < -0.4 is 26.1 Å². The van der Waals surface area contributed by atoms with Gasteiger partial charge in [-0.3, -0.25) is 14.6 Å². The molecule has 0 saturated carbocycles. The number of carbonyl (C=O) groups is 1. The minimum absolute atomic E-state index is 0.00752. The van der Waals surface area contributed by atoms with Crippen molar-refractivity contribution in [1.29, 1.82) is 5.26 Å². The number of ether oxygens (including phenoxy) is 4. The van der Waals surface area contributed by atoms with Crippen molar-refractivity contribution in [3.63, 3.8) is 0 Å². The number of alkyl halides is 3. The molecule has 2 aromatic heterocycles. The molecule has 6 rings (SSSR count). The number of halogens is 3. The fraction of sp³-hybridized carbons (Fsp3) is 0.444. The molecule has 1 fully saturated rings. The van der Waals surface area contributed by atoms with Crippen molar-refractivity contribution in [1.82, 2.24) is 29.7 Å². The fourth-order valence-electron chi connectivity index (χ4n) is 7.92. The predicted octanol–water partition coefficient (Wildman–Crippen LogP) is 7.44. The van der Waals surface area contributed by atoms with Crippen LogP contribution in [-0.2, 0) is 41.9 Å². The second-order valence-corrected chi connectivity index (χ2v) is 17.2. The first kappa shape index (κ1) is 48.8. The molecule has 0 aliphatic carbocycles. The third kappa shape index (κ3) is 11.3. The molecule has 3 heterocycles. The molecule has 2 unspecified atom stereocenters. The van der Waals surface area contributed by atoms with Crippen LogP contribution >= 0.6 is 8.53 Å². The first-order valence-electron chi connectivity index (χ1n) is 21.1. The Morgan fingerprint density at radius 2 is 1.63 bits per heavy atom. The van der Waals surface area contributed by atoms with E-state index in [0.717, 1.165) is 5.56 Å². The maximum absolute atomic E-state index is 13.6. The summed E-state index contributed by atoms with van der Waals surface area (Å²) in [6.07, 6.45) is -7.76. The summed E-state index contributed by atoms with van der Waals surface area (Å²) in [6.45, 7) is 7.97. The van der Waals surface area contributed by atoms with E-state index in [1.807, 2.05) is 112 Å². The lowest BCUT2D eigenvalue weighted by molar-refractivity contribution is -0.173. The zero-order valence-corrected chi connectivity index (χ0v) is 37.9. The fourth-order valence-corrected chi connectivity index (χ4v) is 9.65. The van der Waals surface area contributed by atoms with E-state index >= 15 is 0 Å². The lowest BCUT2D eigenvalue weighted by atomic mass is 9.79. The van der Waals surface area contributed by atoms with Crippen LogP contribution in [0.4, 0.5) is 19.1 Å². The summed E-state index contributed by atoms with van der Waals surface area (Å²) < 4.78 is 81.8. The van der Waals surface area contributed by atoms with E-state index in [1.54, 1.807) is 14.2 Å². The van der Waals surface area contributed by atoms with Crippen molar-refractivity contribution in [2.45, 2.75) is 102 Å². The maximum Gasteiger partial charge on any atom is 0.471 e. The number of hydrogen-bond acceptors (Lipinski definition) is 13. The smallest absolute Gasteiger partial charge is 0.471 e. The largest absolute Gasteiger partial charge is 0.497 e. The number of nitrogens with zero attached hydrogens (tertiary/aromatic N) is 5. The van der Waals surface area contributed by atoms with Gasteiger partial charge in [-0.25, -0.2) is 9.35 Å². The highest BCUT2D eigenvalue weighted by molar-refractivity contribution is 7.44. The number of nitrogen functional groups attached to an aromatic ring is 1. The number of carbonyl (C=O) groups excluding carboxylic acids is 1. The molecule has 5 aromatic rings. The van der Waals surface area contributed by atoms with Crippen LogP contribution in [0.25, 0.3) is 11.0 Å². The molecule has 1 aliphatic rings. The van der Waals surface area contributed by atoms with E-state index in [2.05, 4.69) is 20.7 Å². The Morgan fingerprint density at radius 1 is 1.02 bits per heavy atom. The summed E-state index contributed by atoms with van der Waals surface area (Å²) in [6, 6.07) is 26.5. The van der Waals surface area contributed by atoms with Gasteiger partial charge in [0.15, 0.2) is 11.9 Å². The van der Waals surface area contributed by atoms with E-state index in [9.17, 15) is 28.0 Å². The number of amides is 1. The molecule has 0 spiro atoms. The number of hydrogen-bond donors (Lipinski definition) is 3. The van der Waals surface area contributed by atoms with E-state index in [4.69, 9.17) is 38.8 Å².